The molecule has 1 atom stereocenters. The summed E-state index contributed by atoms with van der Waals surface area (Å²) in [5.41, 5.74) is 5.28. The maximum atomic E-state index is 10.5. The molecule has 1 unspecified atom stereocenters. The largest absolute Gasteiger partial charge is 0.480 e. The molecular formula is C10H21NO3S. The fourth-order valence-corrected chi connectivity index (χ4v) is 1.55. The lowest BCUT2D eigenvalue weighted by molar-refractivity contribution is -0.138. The van der Waals surface area contributed by atoms with E-state index >= 15 is 0 Å². The molecule has 0 spiro atoms. The zero-order chi connectivity index (χ0) is 12.3. The van der Waals surface area contributed by atoms with Gasteiger partial charge in [0, 0.05) is 0 Å². The molecule has 0 saturated heterocycles. The lowest BCUT2D eigenvalue weighted by Gasteiger charge is -2.04. The van der Waals surface area contributed by atoms with Crippen molar-refractivity contribution in [2.75, 3.05) is 11.5 Å². The van der Waals surface area contributed by atoms with Crippen LogP contribution in [0.1, 0.15) is 33.6 Å². The molecule has 0 aromatic rings. The van der Waals surface area contributed by atoms with Crippen molar-refractivity contribution in [3.63, 3.8) is 0 Å². The Labute approximate surface area is 95.6 Å². The highest BCUT2D eigenvalue weighted by molar-refractivity contribution is 7.99. The molecular weight excluding hydrogens is 214 g/mol. The lowest BCUT2D eigenvalue weighted by Crippen LogP contribution is -2.29. The number of thioether (sulfide) groups is 1. The van der Waals surface area contributed by atoms with Gasteiger partial charge in [0.2, 0.25) is 0 Å². The van der Waals surface area contributed by atoms with Gasteiger partial charge < -0.3 is 10.8 Å². The third-order valence-electron chi connectivity index (χ3n) is 1.43. The van der Waals surface area contributed by atoms with E-state index in [-0.39, 0.29) is 5.78 Å². The molecule has 0 rings (SSSR count). The van der Waals surface area contributed by atoms with Gasteiger partial charge in [0.15, 0.2) is 0 Å². The highest BCUT2D eigenvalue weighted by Crippen LogP contribution is 2.05. The summed E-state index contributed by atoms with van der Waals surface area (Å²) < 4.78 is 0. The second-order valence-corrected chi connectivity index (χ2v) is 3.95. The number of aliphatic carboxylic acids is 1. The van der Waals surface area contributed by atoms with Crippen molar-refractivity contribution < 1.29 is 14.7 Å². The Morgan fingerprint density at radius 1 is 1.40 bits per heavy atom. The number of carboxylic acids is 1. The van der Waals surface area contributed by atoms with Crippen LogP contribution in [-0.4, -0.2) is 34.4 Å². The van der Waals surface area contributed by atoms with E-state index in [1.807, 2.05) is 13.8 Å². The number of ketones is 1. The molecule has 0 fully saturated rings. The van der Waals surface area contributed by atoms with Crippen LogP contribution in [0.4, 0.5) is 0 Å². The Bertz CT molecular complexity index is 186. The minimum Gasteiger partial charge on any atom is -0.480 e. The molecule has 0 aromatic heterocycles. The van der Waals surface area contributed by atoms with Gasteiger partial charge in [-0.3, -0.25) is 9.59 Å². The van der Waals surface area contributed by atoms with Gasteiger partial charge in [-0.05, 0) is 25.5 Å². The van der Waals surface area contributed by atoms with Crippen LogP contribution < -0.4 is 5.73 Å². The number of hydrogen-bond donors (Lipinski definition) is 2. The van der Waals surface area contributed by atoms with E-state index in [9.17, 15) is 9.59 Å². The van der Waals surface area contributed by atoms with Gasteiger partial charge in [-0.15, -0.1) is 0 Å². The van der Waals surface area contributed by atoms with Gasteiger partial charge >= 0.3 is 5.97 Å². The standard InChI is InChI=1S/C8H15NO3S.C2H6/c1-6(10)5-13-4-2-3-7(9)8(11)12;1-2/h7H,2-5,9H2,1H3,(H,11,12);1-2H3. The van der Waals surface area contributed by atoms with Gasteiger partial charge in [-0.1, -0.05) is 13.8 Å². The Morgan fingerprint density at radius 3 is 2.33 bits per heavy atom. The van der Waals surface area contributed by atoms with Crippen LogP contribution in [0, 0.1) is 0 Å². The second-order valence-electron chi connectivity index (χ2n) is 2.84. The smallest absolute Gasteiger partial charge is 0.320 e. The quantitative estimate of drug-likeness (QED) is 0.654. The van der Waals surface area contributed by atoms with Crippen LogP contribution in [0.15, 0.2) is 0 Å². The van der Waals surface area contributed by atoms with Gasteiger partial charge in [-0.25, -0.2) is 0 Å². The first-order chi connectivity index (χ1) is 7.04. The van der Waals surface area contributed by atoms with Crippen molar-refractivity contribution in [1.29, 1.82) is 0 Å². The zero-order valence-corrected chi connectivity index (χ0v) is 10.5. The van der Waals surface area contributed by atoms with E-state index in [1.54, 1.807) is 0 Å². The summed E-state index contributed by atoms with van der Waals surface area (Å²) >= 11 is 1.52. The molecule has 90 valence electrons. The van der Waals surface area contributed by atoms with Crippen LogP contribution in [0.5, 0.6) is 0 Å². The van der Waals surface area contributed by atoms with Gasteiger partial charge in [-0.2, -0.15) is 11.8 Å². The van der Waals surface area contributed by atoms with Crippen molar-refractivity contribution in [2.45, 2.75) is 39.7 Å². The average Bonchev–Trinajstić information content (AvgIpc) is 2.19. The Morgan fingerprint density at radius 2 is 1.93 bits per heavy atom. The second kappa shape index (κ2) is 11.5. The lowest BCUT2D eigenvalue weighted by atomic mass is 10.2. The summed E-state index contributed by atoms with van der Waals surface area (Å²) in [4.78, 5) is 20.8. The molecule has 0 aromatic carbocycles. The van der Waals surface area contributed by atoms with Crippen molar-refractivity contribution in [3.05, 3.63) is 0 Å². The Hall–Kier alpha value is -0.550. The molecule has 0 aliphatic heterocycles. The van der Waals surface area contributed by atoms with E-state index in [4.69, 9.17) is 10.8 Å². The van der Waals surface area contributed by atoms with Gasteiger partial charge in [0.25, 0.3) is 0 Å². The summed E-state index contributed by atoms with van der Waals surface area (Å²) in [6.07, 6.45) is 1.21. The van der Waals surface area contributed by atoms with Gasteiger partial charge in [0.1, 0.15) is 11.8 Å². The van der Waals surface area contributed by atoms with Gasteiger partial charge in [0.05, 0.1) is 5.75 Å². The van der Waals surface area contributed by atoms with E-state index in [0.29, 0.717) is 12.2 Å². The maximum absolute atomic E-state index is 10.5. The third kappa shape index (κ3) is 13.4. The molecule has 0 aliphatic carbocycles. The van der Waals surface area contributed by atoms with E-state index in [0.717, 1.165) is 12.2 Å². The predicted molar refractivity (Wildman–Crippen MR) is 64.2 cm³/mol. The molecule has 0 bridgehead atoms. The minimum atomic E-state index is -0.962. The highest BCUT2D eigenvalue weighted by Gasteiger charge is 2.09. The minimum absolute atomic E-state index is 0.146. The van der Waals surface area contributed by atoms with Crippen molar-refractivity contribution in [1.82, 2.24) is 0 Å². The summed E-state index contributed by atoms with van der Waals surface area (Å²) in [5, 5.41) is 8.44. The summed E-state index contributed by atoms with van der Waals surface area (Å²) in [7, 11) is 0. The third-order valence-corrected chi connectivity index (χ3v) is 2.61. The van der Waals surface area contributed by atoms with E-state index in [1.165, 1.54) is 18.7 Å². The zero-order valence-electron chi connectivity index (χ0n) is 9.66. The summed E-state index contributed by atoms with van der Waals surface area (Å²) in [5.74, 6) is 0.479. The average molecular weight is 235 g/mol. The fraction of sp³-hybridized carbons (Fsp3) is 0.800. The number of carbonyl (C=O) groups is 2. The number of nitrogens with two attached hydrogens (primary N) is 1. The number of carboxylic acid groups (broad SMARTS) is 1. The normalized spacial score (nSPS) is 11.2. The van der Waals surface area contributed by atoms with Crippen LogP contribution in [0.2, 0.25) is 0 Å². The summed E-state index contributed by atoms with van der Waals surface area (Å²) in [6, 6.07) is -0.766. The number of carbonyl (C=O) groups excluding carboxylic acids is 1. The maximum Gasteiger partial charge on any atom is 0.320 e. The first-order valence-corrected chi connectivity index (χ1v) is 6.25. The first-order valence-electron chi connectivity index (χ1n) is 5.09. The van der Waals surface area contributed by atoms with E-state index < -0.39 is 12.0 Å². The number of rotatable bonds is 7. The molecule has 15 heavy (non-hydrogen) atoms. The highest BCUT2D eigenvalue weighted by atomic mass is 32.2. The monoisotopic (exact) mass is 235 g/mol. The van der Waals surface area contributed by atoms with Crippen molar-refractivity contribution in [3.8, 4) is 0 Å². The topological polar surface area (TPSA) is 80.4 Å². The molecule has 0 saturated carbocycles. The molecule has 0 amide bonds. The Balaban J connectivity index is 0. The van der Waals surface area contributed by atoms with Crippen LogP contribution in [0.3, 0.4) is 0 Å². The Kier molecular flexibility index (Phi) is 13.0. The molecule has 0 radical (unpaired) electrons. The van der Waals surface area contributed by atoms with Crippen LogP contribution >= 0.6 is 11.8 Å². The molecule has 5 heteroatoms. The summed E-state index contributed by atoms with van der Waals surface area (Å²) in [6.45, 7) is 5.54. The predicted octanol–water partition coefficient (Wildman–Crippen LogP) is 1.53. The SMILES string of the molecule is CC.CC(=O)CSCCCC(N)C(=O)O. The van der Waals surface area contributed by atoms with Crippen molar-refractivity contribution >= 4 is 23.5 Å². The van der Waals surface area contributed by atoms with Crippen LogP contribution in [-0.2, 0) is 9.59 Å². The van der Waals surface area contributed by atoms with E-state index in [2.05, 4.69) is 0 Å². The fourth-order valence-electron chi connectivity index (χ4n) is 0.745. The molecule has 3 N–H and O–H groups in total. The first kappa shape index (κ1) is 16.9. The molecule has 0 heterocycles. The number of hydrogen-bond acceptors (Lipinski definition) is 4. The number of Topliss-reactive ketones (excluding diaryl/α,β-unsaturated/α-hetero) is 1. The van der Waals surface area contributed by atoms with Crippen LogP contribution in [0.25, 0.3) is 0 Å². The molecule has 0 aliphatic rings. The van der Waals surface area contributed by atoms with Crippen molar-refractivity contribution in [2.24, 2.45) is 5.73 Å². The molecule has 4 nitrogen and oxygen atoms in total.